The van der Waals surface area contributed by atoms with Gasteiger partial charge in [-0.3, -0.25) is 0 Å². The zero-order chi connectivity index (χ0) is 16.2. The number of benzene rings is 1. The van der Waals surface area contributed by atoms with Gasteiger partial charge in [-0.05, 0) is 56.1 Å². The van der Waals surface area contributed by atoms with Crippen molar-refractivity contribution in [1.82, 2.24) is 9.62 Å². The minimum absolute atomic E-state index is 0. The fourth-order valence-corrected chi connectivity index (χ4v) is 4.12. The first-order valence-electron chi connectivity index (χ1n) is 7.81. The minimum Gasteiger partial charge on any atom is -0.493 e. The number of hydrogen-bond acceptors (Lipinski definition) is 4. The van der Waals surface area contributed by atoms with Crippen LogP contribution in [0.25, 0.3) is 0 Å². The molecule has 23 heavy (non-hydrogen) atoms. The maximum absolute atomic E-state index is 12.6. The molecule has 0 saturated carbocycles. The summed E-state index contributed by atoms with van der Waals surface area (Å²) in [7, 11) is -1.49. The van der Waals surface area contributed by atoms with Gasteiger partial charge in [0, 0.05) is 13.1 Å². The molecule has 1 atom stereocenters. The minimum atomic E-state index is -3.39. The SMILES string of the molecule is CNCC1CCN(S(=O)(=O)c2ccc(OCC(C)C)cc2)C1.Cl. The number of nitrogens with zero attached hydrogens (tertiary/aromatic N) is 1. The Bertz CT molecular complexity index is 575. The van der Waals surface area contributed by atoms with Crippen LogP contribution in [0.2, 0.25) is 0 Å². The highest BCUT2D eigenvalue weighted by Gasteiger charge is 2.32. The molecule has 1 fully saturated rings. The van der Waals surface area contributed by atoms with Crippen LogP contribution in [0.1, 0.15) is 20.3 Å². The van der Waals surface area contributed by atoms with E-state index in [4.69, 9.17) is 4.74 Å². The van der Waals surface area contributed by atoms with Crippen LogP contribution in [-0.4, -0.2) is 46.0 Å². The van der Waals surface area contributed by atoms with Crippen LogP contribution in [0.3, 0.4) is 0 Å². The van der Waals surface area contributed by atoms with E-state index >= 15 is 0 Å². The second-order valence-electron chi connectivity index (χ2n) is 6.25. The first-order valence-corrected chi connectivity index (χ1v) is 9.25. The Balaban J connectivity index is 0.00000264. The number of hydrogen-bond donors (Lipinski definition) is 1. The average Bonchev–Trinajstić information content (AvgIpc) is 2.95. The van der Waals surface area contributed by atoms with Gasteiger partial charge < -0.3 is 10.1 Å². The molecule has 2 rings (SSSR count). The fraction of sp³-hybridized carbons (Fsp3) is 0.625. The van der Waals surface area contributed by atoms with Crippen LogP contribution >= 0.6 is 12.4 Å². The molecule has 1 aliphatic rings. The highest BCUT2D eigenvalue weighted by Crippen LogP contribution is 2.25. The fourth-order valence-electron chi connectivity index (χ4n) is 2.59. The maximum atomic E-state index is 12.6. The molecule has 1 N–H and O–H groups in total. The van der Waals surface area contributed by atoms with Crippen molar-refractivity contribution in [3.05, 3.63) is 24.3 Å². The summed E-state index contributed by atoms with van der Waals surface area (Å²) < 4.78 is 32.4. The molecule has 7 heteroatoms. The Kier molecular flexibility index (Phi) is 7.80. The van der Waals surface area contributed by atoms with Gasteiger partial charge in [0.1, 0.15) is 5.75 Å². The number of ether oxygens (including phenoxy) is 1. The van der Waals surface area contributed by atoms with Crippen molar-refractivity contribution in [2.45, 2.75) is 25.2 Å². The predicted molar refractivity (Wildman–Crippen MR) is 94.8 cm³/mol. The standard InChI is InChI=1S/C16H26N2O3S.ClH/c1-13(2)12-21-15-4-6-16(7-5-15)22(19,20)18-9-8-14(11-18)10-17-3;/h4-7,13-14,17H,8-12H2,1-3H3;1H. The Morgan fingerprint density at radius 1 is 1.30 bits per heavy atom. The third kappa shape index (κ3) is 5.35. The molecule has 0 radical (unpaired) electrons. The first-order chi connectivity index (χ1) is 10.4. The lowest BCUT2D eigenvalue weighted by molar-refractivity contribution is 0.271. The Morgan fingerprint density at radius 3 is 2.52 bits per heavy atom. The molecule has 132 valence electrons. The summed E-state index contributed by atoms with van der Waals surface area (Å²) in [5.41, 5.74) is 0. The molecule has 0 aliphatic carbocycles. The van der Waals surface area contributed by atoms with Crippen molar-refractivity contribution in [1.29, 1.82) is 0 Å². The van der Waals surface area contributed by atoms with Crippen molar-refractivity contribution in [2.75, 3.05) is 33.3 Å². The van der Waals surface area contributed by atoms with E-state index in [1.807, 2.05) is 7.05 Å². The topological polar surface area (TPSA) is 58.6 Å². The molecule has 0 amide bonds. The van der Waals surface area contributed by atoms with Crippen molar-refractivity contribution in [3.8, 4) is 5.75 Å². The Morgan fingerprint density at radius 2 is 1.96 bits per heavy atom. The van der Waals surface area contributed by atoms with Gasteiger partial charge >= 0.3 is 0 Å². The van der Waals surface area contributed by atoms with E-state index in [0.29, 0.717) is 42.2 Å². The van der Waals surface area contributed by atoms with Gasteiger partial charge in [-0.1, -0.05) is 13.8 Å². The van der Waals surface area contributed by atoms with Gasteiger partial charge in [-0.15, -0.1) is 12.4 Å². The number of rotatable bonds is 7. The molecule has 1 aromatic rings. The Labute approximate surface area is 145 Å². The Hall–Kier alpha value is -0.820. The van der Waals surface area contributed by atoms with Crippen molar-refractivity contribution in [3.63, 3.8) is 0 Å². The van der Waals surface area contributed by atoms with Crippen molar-refractivity contribution < 1.29 is 13.2 Å². The van der Waals surface area contributed by atoms with E-state index in [1.165, 1.54) is 0 Å². The maximum Gasteiger partial charge on any atom is 0.243 e. The largest absolute Gasteiger partial charge is 0.493 e. The number of halogens is 1. The molecule has 0 bridgehead atoms. The predicted octanol–water partition coefficient (Wildman–Crippen LogP) is 2.37. The van der Waals surface area contributed by atoms with Crippen molar-refractivity contribution in [2.24, 2.45) is 11.8 Å². The zero-order valence-corrected chi connectivity index (χ0v) is 15.6. The molecule has 1 unspecified atom stereocenters. The zero-order valence-electron chi connectivity index (χ0n) is 14.0. The number of sulfonamides is 1. The summed E-state index contributed by atoms with van der Waals surface area (Å²) in [6.45, 7) is 6.83. The van der Waals surface area contributed by atoms with Crippen LogP contribution in [0.4, 0.5) is 0 Å². The molecule has 1 heterocycles. The summed E-state index contributed by atoms with van der Waals surface area (Å²) in [6.07, 6.45) is 0.912. The van der Waals surface area contributed by atoms with Gasteiger partial charge in [-0.2, -0.15) is 4.31 Å². The van der Waals surface area contributed by atoms with E-state index in [2.05, 4.69) is 19.2 Å². The van der Waals surface area contributed by atoms with Gasteiger partial charge in [-0.25, -0.2) is 8.42 Å². The lowest BCUT2D eigenvalue weighted by Crippen LogP contribution is -2.30. The third-order valence-corrected chi connectivity index (χ3v) is 5.67. The van der Waals surface area contributed by atoms with Crippen LogP contribution in [0, 0.1) is 11.8 Å². The second-order valence-corrected chi connectivity index (χ2v) is 8.19. The lowest BCUT2D eigenvalue weighted by Gasteiger charge is -2.17. The molecular formula is C16H27ClN2O3S. The highest BCUT2D eigenvalue weighted by molar-refractivity contribution is 7.89. The third-order valence-electron chi connectivity index (χ3n) is 3.79. The quantitative estimate of drug-likeness (QED) is 0.809. The summed E-state index contributed by atoms with van der Waals surface area (Å²) in [5, 5.41) is 3.11. The van der Waals surface area contributed by atoms with Gasteiger partial charge in [0.05, 0.1) is 11.5 Å². The number of nitrogens with one attached hydrogen (secondary N) is 1. The molecule has 0 aromatic heterocycles. The van der Waals surface area contributed by atoms with Crippen molar-refractivity contribution >= 4 is 22.4 Å². The van der Waals surface area contributed by atoms with E-state index in [9.17, 15) is 8.42 Å². The first kappa shape index (κ1) is 20.2. The van der Waals surface area contributed by atoms with Crippen LogP contribution < -0.4 is 10.1 Å². The second kappa shape index (κ2) is 8.87. The molecular weight excluding hydrogens is 336 g/mol. The molecule has 1 aliphatic heterocycles. The van der Waals surface area contributed by atoms with Crippen LogP contribution in [-0.2, 0) is 10.0 Å². The smallest absolute Gasteiger partial charge is 0.243 e. The van der Waals surface area contributed by atoms with Crippen LogP contribution in [0.5, 0.6) is 5.75 Å². The van der Waals surface area contributed by atoms with Gasteiger partial charge in [0.2, 0.25) is 10.0 Å². The normalized spacial score (nSPS) is 18.9. The van der Waals surface area contributed by atoms with Crippen LogP contribution in [0.15, 0.2) is 29.2 Å². The molecule has 0 spiro atoms. The highest BCUT2D eigenvalue weighted by atomic mass is 35.5. The molecule has 1 aromatic carbocycles. The summed E-state index contributed by atoms with van der Waals surface area (Å²) in [6, 6.07) is 6.74. The lowest BCUT2D eigenvalue weighted by atomic mass is 10.1. The van der Waals surface area contributed by atoms with E-state index in [-0.39, 0.29) is 12.4 Å². The van der Waals surface area contributed by atoms with E-state index < -0.39 is 10.0 Å². The van der Waals surface area contributed by atoms with E-state index in [1.54, 1.807) is 28.6 Å². The molecule has 1 saturated heterocycles. The average molecular weight is 363 g/mol. The van der Waals surface area contributed by atoms with E-state index in [0.717, 1.165) is 13.0 Å². The van der Waals surface area contributed by atoms with Gasteiger partial charge in [0.25, 0.3) is 0 Å². The summed E-state index contributed by atoms with van der Waals surface area (Å²) in [5.74, 6) is 1.55. The monoisotopic (exact) mass is 362 g/mol. The molecule has 5 nitrogen and oxygen atoms in total. The summed E-state index contributed by atoms with van der Waals surface area (Å²) in [4.78, 5) is 0.342. The van der Waals surface area contributed by atoms with Gasteiger partial charge in [0.15, 0.2) is 0 Å². The summed E-state index contributed by atoms with van der Waals surface area (Å²) >= 11 is 0.